The molecule has 0 fully saturated rings. The largest absolute Gasteiger partial charge is 0.455 e. The van der Waals surface area contributed by atoms with E-state index < -0.39 is 23.4 Å². The van der Waals surface area contributed by atoms with Gasteiger partial charge in [0.2, 0.25) is 0 Å². The van der Waals surface area contributed by atoms with Crippen molar-refractivity contribution in [1.82, 2.24) is 10.4 Å². The molecule has 7 nitrogen and oxygen atoms in total. The minimum absolute atomic E-state index is 0.0157. The third-order valence-corrected chi connectivity index (χ3v) is 4.93. The number of aryl methyl sites for hydroxylation is 1. The first-order valence-corrected chi connectivity index (χ1v) is 9.60. The Kier molecular flexibility index (Phi) is 5.57. The van der Waals surface area contributed by atoms with Crippen LogP contribution in [0.1, 0.15) is 50.6 Å². The van der Waals surface area contributed by atoms with E-state index in [0.29, 0.717) is 47.1 Å². The summed E-state index contributed by atoms with van der Waals surface area (Å²) in [5.41, 5.74) is 4.50. The summed E-state index contributed by atoms with van der Waals surface area (Å²) in [6.45, 7) is 1.70. The highest BCUT2D eigenvalue weighted by Gasteiger charge is 2.28. The molecule has 31 heavy (non-hydrogen) atoms. The summed E-state index contributed by atoms with van der Waals surface area (Å²) in [4.78, 5) is 28.8. The highest BCUT2D eigenvalue weighted by molar-refractivity contribution is 6.09. The Hall–Kier alpha value is -3.88. The Bertz CT molecular complexity index is 1190. The number of hydrogen-bond donors (Lipinski definition) is 2. The minimum Gasteiger partial charge on any atom is -0.455 e. The van der Waals surface area contributed by atoms with Crippen LogP contribution < -0.4 is 10.7 Å². The van der Waals surface area contributed by atoms with Gasteiger partial charge in [-0.1, -0.05) is 0 Å². The number of fused-ring (bicyclic) bond motifs is 1. The smallest absolute Gasteiger partial charge is 0.291 e. The van der Waals surface area contributed by atoms with Crippen molar-refractivity contribution in [2.75, 3.05) is 5.32 Å². The standard InChI is InChI=1S/C22H18F2N4O3/c1-12-19-17(27-28-21(29)13-4-3-9-25-11-13)5-2-6-18(19)31-20(12)22(30)26-16-8-7-14(23)10-15(16)24/h3-4,7-11H,2,5-6H2,1H3,(H,26,30)(H,28,29)/b27-17+. The first-order chi connectivity index (χ1) is 14.9. The van der Waals surface area contributed by atoms with Crippen LogP contribution in [-0.2, 0) is 6.42 Å². The Morgan fingerprint density at radius 3 is 2.74 bits per heavy atom. The van der Waals surface area contributed by atoms with Gasteiger partial charge in [-0.3, -0.25) is 14.6 Å². The van der Waals surface area contributed by atoms with Crippen molar-refractivity contribution in [2.45, 2.75) is 26.2 Å². The van der Waals surface area contributed by atoms with E-state index in [0.717, 1.165) is 18.6 Å². The zero-order valence-corrected chi connectivity index (χ0v) is 16.5. The molecule has 0 aliphatic heterocycles. The number of amides is 2. The van der Waals surface area contributed by atoms with Crippen molar-refractivity contribution >= 4 is 23.2 Å². The van der Waals surface area contributed by atoms with Crippen LogP contribution in [0, 0.1) is 18.6 Å². The number of nitrogens with zero attached hydrogens (tertiary/aromatic N) is 2. The monoisotopic (exact) mass is 424 g/mol. The number of halogens is 2. The first-order valence-electron chi connectivity index (χ1n) is 9.60. The van der Waals surface area contributed by atoms with Crippen molar-refractivity contribution in [3.8, 4) is 0 Å². The molecule has 158 valence electrons. The third kappa shape index (κ3) is 4.20. The zero-order chi connectivity index (χ0) is 22.0. The molecule has 2 N–H and O–H groups in total. The zero-order valence-electron chi connectivity index (χ0n) is 16.5. The lowest BCUT2D eigenvalue weighted by Gasteiger charge is -2.13. The molecule has 2 amide bonds. The Labute approximate surface area is 176 Å². The maximum absolute atomic E-state index is 13.9. The third-order valence-electron chi connectivity index (χ3n) is 4.93. The van der Waals surface area contributed by atoms with E-state index in [-0.39, 0.29) is 11.4 Å². The van der Waals surface area contributed by atoms with Gasteiger partial charge in [-0.25, -0.2) is 14.2 Å². The molecule has 1 aliphatic rings. The van der Waals surface area contributed by atoms with E-state index in [1.54, 1.807) is 25.3 Å². The van der Waals surface area contributed by atoms with E-state index in [2.05, 4.69) is 20.8 Å². The summed E-state index contributed by atoms with van der Waals surface area (Å²) in [6.07, 6.45) is 4.92. The van der Waals surface area contributed by atoms with Gasteiger partial charge in [0, 0.05) is 36.0 Å². The maximum atomic E-state index is 13.9. The molecule has 0 spiro atoms. The van der Waals surface area contributed by atoms with Gasteiger partial charge in [0.25, 0.3) is 11.8 Å². The fraction of sp³-hybridized carbons (Fsp3) is 0.182. The molecule has 1 aliphatic carbocycles. The molecule has 9 heteroatoms. The SMILES string of the molecule is Cc1c(C(=O)Nc2ccc(F)cc2F)oc2c1/C(=N/NC(=O)c1cccnc1)CCC2. The topological polar surface area (TPSA) is 96.6 Å². The Morgan fingerprint density at radius 1 is 1.16 bits per heavy atom. The molecule has 0 unspecified atom stereocenters. The lowest BCUT2D eigenvalue weighted by Crippen LogP contribution is -2.22. The van der Waals surface area contributed by atoms with E-state index >= 15 is 0 Å². The maximum Gasteiger partial charge on any atom is 0.291 e. The summed E-state index contributed by atoms with van der Waals surface area (Å²) in [5, 5.41) is 6.64. The van der Waals surface area contributed by atoms with Crippen LogP contribution in [0.5, 0.6) is 0 Å². The van der Waals surface area contributed by atoms with Crippen molar-refractivity contribution in [3.05, 3.63) is 82.6 Å². The molecular formula is C22H18F2N4O3. The molecule has 0 saturated carbocycles. The second kappa shape index (κ2) is 8.47. The summed E-state index contributed by atoms with van der Waals surface area (Å²) in [5.74, 6) is -2.10. The molecule has 2 heterocycles. The first kappa shape index (κ1) is 20.4. The molecule has 0 atom stereocenters. The van der Waals surface area contributed by atoms with Crippen molar-refractivity contribution in [1.29, 1.82) is 0 Å². The van der Waals surface area contributed by atoms with Crippen LogP contribution >= 0.6 is 0 Å². The molecule has 3 aromatic rings. The van der Waals surface area contributed by atoms with Gasteiger partial charge in [-0.05, 0) is 44.0 Å². The lowest BCUT2D eigenvalue weighted by molar-refractivity contribution is 0.0953. The van der Waals surface area contributed by atoms with Crippen molar-refractivity contribution in [2.24, 2.45) is 5.10 Å². The van der Waals surface area contributed by atoms with Crippen LogP contribution in [0.2, 0.25) is 0 Å². The number of carbonyl (C=O) groups is 2. The summed E-state index contributed by atoms with van der Waals surface area (Å²) in [7, 11) is 0. The Morgan fingerprint density at radius 2 is 2.00 bits per heavy atom. The van der Waals surface area contributed by atoms with Crippen LogP contribution in [0.15, 0.2) is 52.2 Å². The summed E-state index contributed by atoms with van der Waals surface area (Å²) in [6, 6.07) is 6.14. The molecule has 0 bridgehead atoms. The fourth-order valence-corrected chi connectivity index (χ4v) is 3.45. The minimum atomic E-state index is -0.886. The number of pyridine rings is 1. The number of nitrogens with one attached hydrogen (secondary N) is 2. The summed E-state index contributed by atoms with van der Waals surface area (Å²) < 4.78 is 32.7. The van der Waals surface area contributed by atoms with Crippen LogP contribution in [0.4, 0.5) is 14.5 Å². The lowest BCUT2D eigenvalue weighted by atomic mass is 9.93. The van der Waals surface area contributed by atoms with Gasteiger partial charge in [-0.2, -0.15) is 5.10 Å². The van der Waals surface area contributed by atoms with Crippen LogP contribution in [0.25, 0.3) is 0 Å². The van der Waals surface area contributed by atoms with Crippen molar-refractivity contribution < 1.29 is 22.8 Å². The second-order valence-corrected chi connectivity index (χ2v) is 7.03. The highest BCUT2D eigenvalue weighted by Crippen LogP contribution is 2.30. The predicted octanol–water partition coefficient (Wildman–Crippen LogP) is 3.98. The number of hydrazone groups is 1. The normalized spacial score (nSPS) is 14.2. The summed E-state index contributed by atoms with van der Waals surface area (Å²) >= 11 is 0. The number of benzene rings is 1. The number of rotatable bonds is 4. The van der Waals surface area contributed by atoms with Gasteiger partial charge in [0.15, 0.2) is 5.76 Å². The quantitative estimate of drug-likeness (QED) is 0.619. The van der Waals surface area contributed by atoms with Gasteiger partial charge >= 0.3 is 0 Å². The van der Waals surface area contributed by atoms with Crippen LogP contribution in [-0.4, -0.2) is 22.5 Å². The highest BCUT2D eigenvalue weighted by atomic mass is 19.1. The van der Waals surface area contributed by atoms with Crippen molar-refractivity contribution in [3.63, 3.8) is 0 Å². The molecule has 4 rings (SSSR count). The van der Waals surface area contributed by atoms with E-state index in [1.165, 1.54) is 6.20 Å². The average molecular weight is 424 g/mol. The second-order valence-electron chi connectivity index (χ2n) is 7.03. The average Bonchev–Trinajstić information content (AvgIpc) is 3.12. The van der Waals surface area contributed by atoms with E-state index in [1.807, 2.05) is 0 Å². The van der Waals surface area contributed by atoms with Gasteiger partial charge in [0.05, 0.1) is 17.0 Å². The number of carbonyl (C=O) groups excluding carboxylic acids is 2. The number of aromatic nitrogens is 1. The molecular weight excluding hydrogens is 406 g/mol. The Balaban J connectivity index is 1.58. The molecule has 2 aromatic heterocycles. The van der Waals surface area contributed by atoms with Gasteiger partial charge in [-0.15, -0.1) is 0 Å². The van der Waals surface area contributed by atoms with Gasteiger partial charge in [0.1, 0.15) is 17.4 Å². The molecule has 0 saturated heterocycles. The van der Waals surface area contributed by atoms with Gasteiger partial charge < -0.3 is 9.73 Å². The molecule has 1 aromatic carbocycles. The molecule has 0 radical (unpaired) electrons. The number of anilines is 1. The van der Waals surface area contributed by atoms with Crippen LogP contribution in [0.3, 0.4) is 0 Å². The predicted molar refractivity (Wildman–Crippen MR) is 109 cm³/mol. The number of furan rings is 1. The van der Waals surface area contributed by atoms with E-state index in [9.17, 15) is 18.4 Å². The van der Waals surface area contributed by atoms with E-state index in [4.69, 9.17) is 4.42 Å². The number of hydrogen-bond acceptors (Lipinski definition) is 5. The fourth-order valence-electron chi connectivity index (χ4n) is 3.45.